The summed E-state index contributed by atoms with van der Waals surface area (Å²) < 4.78 is 21.6. The molecule has 4 N–H and O–H groups in total. The molecule has 0 saturated heterocycles. The van der Waals surface area contributed by atoms with Crippen LogP contribution in [0.1, 0.15) is 6.42 Å². The summed E-state index contributed by atoms with van der Waals surface area (Å²) in [6.45, 7) is 0. The van der Waals surface area contributed by atoms with Crippen LogP contribution in [0.3, 0.4) is 0 Å². The molecule has 1 rings (SSSR count). The minimum absolute atomic E-state index is 0.315. The van der Waals surface area contributed by atoms with Gasteiger partial charge in [-0.3, -0.25) is 0 Å². The average Bonchev–Trinajstić information content (AvgIpc) is 1.86. The maximum Gasteiger partial charge on any atom is 0.217 e. The quantitative estimate of drug-likeness (QED) is 0.559. The summed E-state index contributed by atoms with van der Waals surface area (Å²) in [5, 5.41) is 4.19. The Bertz CT molecular complexity index is 303. The minimum atomic E-state index is -3.52. The van der Waals surface area contributed by atoms with E-state index in [-0.39, 0.29) is 0 Å². The van der Waals surface area contributed by atoms with Crippen LogP contribution in [0.2, 0.25) is 0 Å². The Balaban J connectivity index is 2.94. The van der Waals surface area contributed by atoms with E-state index in [4.69, 9.17) is 10.9 Å². The molecule has 0 saturated carbocycles. The molecule has 0 fully saturated rings. The molecule has 11 heavy (non-hydrogen) atoms. The number of sulfonamides is 1. The predicted molar refractivity (Wildman–Crippen MR) is 42.9 cm³/mol. The van der Waals surface area contributed by atoms with Crippen molar-refractivity contribution in [2.24, 2.45) is 10.9 Å². The Labute approximate surface area is 65.6 Å². The third-order valence-corrected chi connectivity index (χ3v) is 2.80. The summed E-state index contributed by atoms with van der Waals surface area (Å²) in [6.07, 6.45) is 5.38. The Morgan fingerprint density at radius 2 is 2.18 bits per heavy atom. The van der Waals surface area contributed by atoms with Gasteiger partial charge in [-0.25, -0.2) is 13.6 Å². The fraction of sp³-hybridized carbons (Fsp3) is 0.333. The molecule has 0 heterocycles. The van der Waals surface area contributed by atoms with Gasteiger partial charge in [0, 0.05) is 5.70 Å². The lowest BCUT2D eigenvalue weighted by Crippen LogP contribution is -2.33. The van der Waals surface area contributed by atoms with Crippen molar-refractivity contribution in [3.63, 3.8) is 0 Å². The molecule has 1 aliphatic carbocycles. The fourth-order valence-electron chi connectivity index (χ4n) is 0.949. The van der Waals surface area contributed by atoms with Crippen LogP contribution in [-0.2, 0) is 10.0 Å². The lowest BCUT2D eigenvalue weighted by atomic mass is 10.1. The van der Waals surface area contributed by atoms with Gasteiger partial charge < -0.3 is 5.73 Å². The van der Waals surface area contributed by atoms with E-state index < -0.39 is 15.3 Å². The standard InChI is InChI=1S/C6H10N2O2S/c7-5-3-1-2-4-6(5)11(8,9)10/h1-3,6H,4,7H2,(H2,8,9,10). The van der Waals surface area contributed by atoms with Crippen molar-refractivity contribution in [3.05, 3.63) is 23.9 Å². The van der Waals surface area contributed by atoms with Gasteiger partial charge in [0.1, 0.15) is 5.25 Å². The summed E-state index contributed by atoms with van der Waals surface area (Å²) in [5.41, 5.74) is 5.73. The maximum absolute atomic E-state index is 10.8. The molecule has 1 aliphatic rings. The van der Waals surface area contributed by atoms with E-state index in [0.29, 0.717) is 12.1 Å². The van der Waals surface area contributed by atoms with Crippen LogP contribution in [0, 0.1) is 0 Å². The number of hydrogen-bond donors (Lipinski definition) is 2. The van der Waals surface area contributed by atoms with Gasteiger partial charge in [-0.05, 0) is 12.5 Å². The van der Waals surface area contributed by atoms with Crippen molar-refractivity contribution in [1.82, 2.24) is 0 Å². The van der Waals surface area contributed by atoms with Gasteiger partial charge in [0.05, 0.1) is 0 Å². The van der Waals surface area contributed by atoms with Crippen LogP contribution in [0.25, 0.3) is 0 Å². The summed E-state index contributed by atoms with van der Waals surface area (Å²) >= 11 is 0. The zero-order chi connectivity index (χ0) is 8.48. The van der Waals surface area contributed by atoms with Crippen LogP contribution in [0.15, 0.2) is 23.9 Å². The molecule has 0 aromatic carbocycles. The van der Waals surface area contributed by atoms with E-state index in [9.17, 15) is 8.42 Å². The first-order valence-corrected chi connectivity index (χ1v) is 4.76. The molecule has 0 aromatic heterocycles. The Kier molecular flexibility index (Phi) is 2.01. The highest BCUT2D eigenvalue weighted by Crippen LogP contribution is 2.14. The molecule has 5 heteroatoms. The van der Waals surface area contributed by atoms with E-state index in [1.165, 1.54) is 0 Å². The van der Waals surface area contributed by atoms with Gasteiger partial charge in [-0.1, -0.05) is 12.2 Å². The third kappa shape index (κ3) is 1.81. The van der Waals surface area contributed by atoms with Crippen LogP contribution < -0.4 is 10.9 Å². The zero-order valence-electron chi connectivity index (χ0n) is 5.90. The van der Waals surface area contributed by atoms with E-state index in [0.717, 1.165) is 0 Å². The molecule has 0 spiro atoms. The molecular weight excluding hydrogens is 164 g/mol. The Morgan fingerprint density at radius 1 is 1.55 bits per heavy atom. The number of allylic oxidation sites excluding steroid dienone is 3. The summed E-state index contributed by atoms with van der Waals surface area (Å²) in [7, 11) is -3.52. The zero-order valence-corrected chi connectivity index (χ0v) is 6.71. The molecule has 0 radical (unpaired) electrons. The van der Waals surface area contributed by atoms with Crippen LogP contribution in [0.5, 0.6) is 0 Å². The molecule has 1 atom stereocenters. The highest BCUT2D eigenvalue weighted by Gasteiger charge is 2.23. The molecule has 1 unspecified atom stereocenters. The second-order valence-corrected chi connectivity index (χ2v) is 4.16. The van der Waals surface area contributed by atoms with Gasteiger partial charge in [0.15, 0.2) is 0 Å². The molecular formula is C6H10N2O2S. The SMILES string of the molecule is NC1=CC=CCC1S(N)(=O)=O. The van der Waals surface area contributed by atoms with Crippen LogP contribution >= 0.6 is 0 Å². The second-order valence-electron chi connectivity index (χ2n) is 2.41. The smallest absolute Gasteiger partial charge is 0.217 e. The Hall–Kier alpha value is -0.810. The largest absolute Gasteiger partial charge is 0.401 e. The maximum atomic E-state index is 10.8. The fourth-order valence-corrected chi connectivity index (χ4v) is 1.79. The lowest BCUT2D eigenvalue weighted by Gasteiger charge is -2.14. The summed E-state index contributed by atoms with van der Waals surface area (Å²) in [4.78, 5) is 0. The van der Waals surface area contributed by atoms with Crippen molar-refractivity contribution in [2.45, 2.75) is 11.7 Å². The van der Waals surface area contributed by atoms with E-state index in [1.807, 2.05) is 0 Å². The molecule has 4 nitrogen and oxygen atoms in total. The van der Waals surface area contributed by atoms with Crippen molar-refractivity contribution >= 4 is 10.0 Å². The highest BCUT2D eigenvalue weighted by molar-refractivity contribution is 7.90. The normalized spacial score (nSPS) is 24.8. The summed E-state index contributed by atoms with van der Waals surface area (Å²) in [5.74, 6) is 0. The van der Waals surface area contributed by atoms with Gasteiger partial charge in [-0.2, -0.15) is 0 Å². The predicted octanol–water partition coefficient (Wildman–Crippen LogP) is -0.554. The molecule has 0 aromatic rings. The topological polar surface area (TPSA) is 86.2 Å². The molecule has 62 valence electrons. The first-order chi connectivity index (χ1) is 5.02. The Morgan fingerprint density at radius 3 is 2.55 bits per heavy atom. The van der Waals surface area contributed by atoms with Gasteiger partial charge in [0.25, 0.3) is 0 Å². The number of primary sulfonamides is 1. The molecule has 0 aliphatic heterocycles. The average molecular weight is 174 g/mol. The second kappa shape index (κ2) is 2.67. The number of nitrogens with two attached hydrogens (primary N) is 2. The van der Waals surface area contributed by atoms with E-state index in [2.05, 4.69) is 0 Å². The third-order valence-electron chi connectivity index (χ3n) is 1.54. The first-order valence-electron chi connectivity index (χ1n) is 3.15. The van der Waals surface area contributed by atoms with Crippen molar-refractivity contribution in [1.29, 1.82) is 0 Å². The monoisotopic (exact) mass is 174 g/mol. The van der Waals surface area contributed by atoms with Gasteiger partial charge in [-0.15, -0.1) is 0 Å². The lowest BCUT2D eigenvalue weighted by molar-refractivity contribution is 0.587. The van der Waals surface area contributed by atoms with Gasteiger partial charge in [0.2, 0.25) is 10.0 Å². The van der Waals surface area contributed by atoms with E-state index in [1.54, 1.807) is 18.2 Å². The van der Waals surface area contributed by atoms with Crippen LogP contribution in [0.4, 0.5) is 0 Å². The summed E-state index contributed by atoms with van der Waals surface area (Å²) in [6, 6.07) is 0. The van der Waals surface area contributed by atoms with Crippen molar-refractivity contribution in [3.8, 4) is 0 Å². The first kappa shape index (κ1) is 8.29. The number of rotatable bonds is 1. The van der Waals surface area contributed by atoms with Crippen molar-refractivity contribution < 1.29 is 8.42 Å². The van der Waals surface area contributed by atoms with Gasteiger partial charge >= 0.3 is 0 Å². The number of hydrogen-bond acceptors (Lipinski definition) is 3. The molecule has 0 bridgehead atoms. The van der Waals surface area contributed by atoms with Crippen molar-refractivity contribution in [2.75, 3.05) is 0 Å². The van der Waals surface area contributed by atoms with E-state index >= 15 is 0 Å². The van der Waals surface area contributed by atoms with Crippen LogP contribution in [-0.4, -0.2) is 13.7 Å². The molecule has 0 amide bonds. The highest BCUT2D eigenvalue weighted by atomic mass is 32.2. The minimum Gasteiger partial charge on any atom is -0.401 e.